The highest BCUT2D eigenvalue weighted by Gasteiger charge is 2.32. The number of nitrogens with two attached hydrogens (primary N) is 1. The van der Waals surface area contributed by atoms with E-state index in [0.29, 0.717) is 17.7 Å². The van der Waals surface area contributed by atoms with Gasteiger partial charge < -0.3 is 15.7 Å². The molecule has 3 N–H and O–H groups in total. The number of anilines is 1. The Kier molecular flexibility index (Phi) is 3.06. The van der Waals surface area contributed by atoms with Gasteiger partial charge in [-0.25, -0.2) is 8.78 Å². The third-order valence-electron chi connectivity index (χ3n) is 3.66. The van der Waals surface area contributed by atoms with Crippen LogP contribution in [0.1, 0.15) is 17.2 Å². The predicted molar refractivity (Wildman–Crippen MR) is 72.4 cm³/mol. The molecule has 0 saturated carbocycles. The molecule has 0 saturated heterocycles. The van der Waals surface area contributed by atoms with E-state index >= 15 is 0 Å². The molecule has 1 aliphatic heterocycles. The lowest BCUT2D eigenvalue weighted by Gasteiger charge is -2.26. The van der Waals surface area contributed by atoms with Crippen LogP contribution in [-0.2, 0) is 6.54 Å². The van der Waals surface area contributed by atoms with Gasteiger partial charge in [0.1, 0.15) is 17.4 Å². The van der Waals surface area contributed by atoms with Gasteiger partial charge in [-0.2, -0.15) is 0 Å². The van der Waals surface area contributed by atoms with Crippen LogP contribution in [0.15, 0.2) is 36.4 Å². The largest absolute Gasteiger partial charge is 0.508 e. The maximum Gasteiger partial charge on any atom is 0.131 e. The number of fused-ring (bicyclic) bond motifs is 1. The zero-order chi connectivity index (χ0) is 14.3. The minimum atomic E-state index is -0.591. The Balaban J connectivity index is 2.04. The lowest BCUT2D eigenvalue weighted by Crippen LogP contribution is -2.27. The summed E-state index contributed by atoms with van der Waals surface area (Å²) >= 11 is 0. The first-order chi connectivity index (χ1) is 9.60. The number of hydrogen-bond donors (Lipinski definition) is 2. The van der Waals surface area contributed by atoms with Gasteiger partial charge in [0.15, 0.2) is 0 Å². The van der Waals surface area contributed by atoms with Crippen molar-refractivity contribution in [2.45, 2.75) is 12.6 Å². The first kappa shape index (κ1) is 12.9. The Labute approximate surface area is 115 Å². The molecule has 104 valence electrons. The summed E-state index contributed by atoms with van der Waals surface area (Å²) in [4.78, 5) is 1.91. The molecule has 5 heteroatoms. The third-order valence-corrected chi connectivity index (χ3v) is 3.66. The van der Waals surface area contributed by atoms with Crippen LogP contribution in [0.4, 0.5) is 14.5 Å². The van der Waals surface area contributed by atoms with E-state index in [1.165, 1.54) is 6.07 Å². The fourth-order valence-corrected chi connectivity index (χ4v) is 2.71. The minimum absolute atomic E-state index is 0.159. The second kappa shape index (κ2) is 4.76. The third kappa shape index (κ3) is 2.00. The van der Waals surface area contributed by atoms with Gasteiger partial charge in [-0.15, -0.1) is 0 Å². The Morgan fingerprint density at radius 1 is 1.20 bits per heavy atom. The van der Waals surface area contributed by atoms with Gasteiger partial charge >= 0.3 is 0 Å². The van der Waals surface area contributed by atoms with E-state index in [1.807, 2.05) is 4.90 Å². The second-order valence-corrected chi connectivity index (χ2v) is 4.85. The fourth-order valence-electron chi connectivity index (χ4n) is 2.71. The van der Waals surface area contributed by atoms with E-state index in [1.54, 1.807) is 24.3 Å². The molecule has 1 unspecified atom stereocenters. The van der Waals surface area contributed by atoms with Gasteiger partial charge in [0.2, 0.25) is 0 Å². The van der Waals surface area contributed by atoms with Crippen LogP contribution in [-0.4, -0.2) is 11.7 Å². The van der Waals surface area contributed by atoms with E-state index in [0.717, 1.165) is 11.8 Å². The molecule has 0 radical (unpaired) electrons. The highest BCUT2D eigenvalue weighted by atomic mass is 19.1. The van der Waals surface area contributed by atoms with Crippen LogP contribution in [0.2, 0.25) is 0 Å². The van der Waals surface area contributed by atoms with Crippen LogP contribution < -0.4 is 10.6 Å². The van der Waals surface area contributed by atoms with Crippen LogP contribution in [0, 0.1) is 11.6 Å². The first-order valence-corrected chi connectivity index (χ1v) is 6.33. The van der Waals surface area contributed by atoms with E-state index in [2.05, 4.69) is 0 Å². The summed E-state index contributed by atoms with van der Waals surface area (Å²) in [5.74, 6) is -0.973. The molecule has 0 aliphatic carbocycles. The molecule has 3 rings (SSSR count). The highest BCUT2D eigenvalue weighted by Crippen LogP contribution is 2.38. The van der Waals surface area contributed by atoms with E-state index in [-0.39, 0.29) is 18.3 Å². The molecule has 20 heavy (non-hydrogen) atoms. The smallest absolute Gasteiger partial charge is 0.131 e. The van der Waals surface area contributed by atoms with Crippen LogP contribution in [0.25, 0.3) is 0 Å². The molecule has 3 nitrogen and oxygen atoms in total. The van der Waals surface area contributed by atoms with E-state index < -0.39 is 11.6 Å². The van der Waals surface area contributed by atoms with Crippen molar-refractivity contribution in [2.24, 2.45) is 5.73 Å². The molecule has 0 spiro atoms. The summed E-state index contributed by atoms with van der Waals surface area (Å²) < 4.78 is 27.2. The molecule has 0 amide bonds. The topological polar surface area (TPSA) is 49.5 Å². The number of hydrogen-bond acceptors (Lipinski definition) is 3. The van der Waals surface area contributed by atoms with Gasteiger partial charge in [-0.05, 0) is 35.9 Å². The highest BCUT2D eigenvalue weighted by molar-refractivity contribution is 5.56. The molecule has 2 aromatic carbocycles. The van der Waals surface area contributed by atoms with Gasteiger partial charge in [-0.1, -0.05) is 0 Å². The molecule has 0 fully saturated rings. The number of phenols is 1. The molecule has 1 atom stereocenters. The van der Waals surface area contributed by atoms with Crippen LogP contribution >= 0.6 is 0 Å². The van der Waals surface area contributed by atoms with Crippen molar-refractivity contribution < 1.29 is 13.9 Å². The Hall–Kier alpha value is -2.14. The molecule has 1 aliphatic rings. The van der Waals surface area contributed by atoms with Crippen molar-refractivity contribution in [3.05, 3.63) is 59.2 Å². The summed E-state index contributed by atoms with van der Waals surface area (Å²) in [6.45, 7) is 0.602. The van der Waals surface area contributed by atoms with Crippen LogP contribution in [0.3, 0.4) is 0 Å². The average Bonchev–Trinajstić information content (AvgIpc) is 2.78. The van der Waals surface area contributed by atoms with E-state index in [4.69, 9.17) is 5.73 Å². The minimum Gasteiger partial charge on any atom is -0.508 e. The maximum atomic E-state index is 13.9. The zero-order valence-corrected chi connectivity index (χ0v) is 10.7. The Morgan fingerprint density at radius 2 is 1.90 bits per heavy atom. The molecule has 0 bridgehead atoms. The summed E-state index contributed by atoms with van der Waals surface area (Å²) in [7, 11) is 0. The Bertz CT molecular complexity index is 643. The molecule has 1 heterocycles. The molecular weight excluding hydrogens is 262 g/mol. The van der Waals surface area contributed by atoms with Crippen molar-refractivity contribution in [1.82, 2.24) is 0 Å². The summed E-state index contributed by atoms with van der Waals surface area (Å²) in [5, 5.41) is 9.32. The maximum absolute atomic E-state index is 13.9. The lowest BCUT2D eigenvalue weighted by atomic mass is 10.0. The lowest BCUT2D eigenvalue weighted by molar-refractivity contribution is 0.475. The van der Waals surface area contributed by atoms with Gasteiger partial charge in [0, 0.05) is 30.4 Å². The number of aromatic hydroxyl groups is 1. The molecule has 0 aromatic heterocycles. The molecule has 2 aromatic rings. The summed E-state index contributed by atoms with van der Waals surface area (Å²) in [6.07, 6.45) is 0. The summed E-state index contributed by atoms with van der Waals surface area (Å²) in [5.41, 5.74) is 7.66. The van der Waals surface area contributed by atoms with Crippen molar-refractivity contribution in [1.29, 1.82) is 0 Å². The van der Waals surface area contributed by atoms with Gasteiger partial charge in [0.25, 0.3) is 0 Å². The Morgan fingerprint density at radius 3 is 2.55 bits per heavy atom. The standard InChI is InChI=1S/C15H14F2N2O/c16-9-5-12-13(14(17)6-9)8-19(15(12)7-18)10-1-3-11(20)4-2-10/h1-6,15,20H,7-8,18H2. The first-order valence-electron chi connectivity index (χ1n) is 6.33. The monoisotopic (exact) mass is 276 g/mol. The number of rotatable bonds is 2. The average molecular weight is 276 g/mol. The van der Waals surface area contributed by atoms with E-state index in [9.17, 15) is 13.9 Å². The fraction of sp³-hybridized carbons (Fsp3) is 0.200. The number of nitrogens with zero attached hydrogens (tertiary/aromatic N) is 1. The normalized spacial score (nSPS) is 17.4. The van der Waals surface area contributed by atoms with Gasteiger partial charge in [0.05, 0.1) is 6.04 Å². The van der Waals surface area contributed by atoms with Crippen LogP contribution in [0.5, 0.6) is 5.75 Å². The summed E-state index contributed by atoms with van der Waals surface area (Å²) in [6, 6.07) is 8.56. The SMILES string of the molecule is NCC1c2cc(F)cc(F)c2CN1c1ccc(O)cc1. The molecular formula is C15H14F2N2O. The number of benzene rings is 2. The van der Waals surface area contributed by atoms with Crippen molar-refractivity contribution in [3.8, 4) is 5.75 Å². The second-order valence-electron chi connectivity index (χ2n) is 4.85. The number of halogens is 2. The number of phenolic OH excluding ortho intramolecular Hbond substituents is 1. The quantitative estimate of drug-likeness (QED) is 0.886. The predicted octanol–water partition coefficient (Wildman–Crippen LogP) is 2.69. The van der Waals surface area contributed by atoms with Gasteiger partial charge in [-0.3, -0.25) is 0 Å². The van der Waals surface area contributed by atoms with Crippen molar-refractivity contribution >= 4 is 5.69 Å². The zero-order valence-electron chi connectivity index (χ0n) is 10.7. The van der Waals surface area contributed by atoms with Crippen molar-refractivity contribution in [2.75, 3.05) is 11.4 Å². The van der Waals surface area contributed by atoms with Crippen molar-refractivity contribution in [3.63, 3.8) is 0 Å².